The average molecular weight is 286 g/mol. The lowest BCUT2D eigenvalue weighted by atomic mass is 9.91. The zero-order valence-electron chi connectivity index (χ0n) is 12.5. The van der Waals surface area contributed by atoms with Crippen molar-refractivity contribution in [2.75, 3.05) is 11.9 Å². The third kappa shape index (κ3) is 3.24. The van der Waals surface area contributed by atoms with Crippen LogP contribution < -0.4 is 5.32 Å². The molecular formula is C16H22N4O. The molecule has 0 aromatic carbocycles. The molecule has 2 heterocycles. The molecule has 2 aromatic rings. The van der Waals surface area contributed by atoms with Crippen molar-refractivity contribution < 1.29 is 5.11 Å². The molecular weight excluding hydrogens is 264 g/mol. The first-order valence-electron chi connectivity index (χ1n) is 7.61. The Morgan fingerprint density at radius 3 is 3.05 bits per heavy atom. The summed E-state index contributed by atoms with van der Waals surface area (Å²) in [5, 5.41) is 16.5. The van der Waals surface area contributed by atoms with E-state index in [0.29, 0.717) is 6.54 Å². The minimum Gasteiger partial charge on any atom is -0.394 e. The van der Waals surface area contributed by atoms with Gasteiger partial charge in [-0.3, -0.25) is 9.67 Å². The Balaban J connectivity index is 1.73. The summed E-state index contributed by atoms with van der Waals surface area (Å²) in [6, 6.07) is 2.19. The SMILES string of the molecule is Cc1cc(CNc2cnn(CCO)c2)c2c(n1)CCCC2. The first kappa shape index (κ1) is 14.1. The second-order valence-corrected chi connectivity index (χ2v) is 5.62. The second-order valence-electron chi connectivity index (χ2n) is 5.62. The van der Waals surface area contributed by atoms with Crippen molar-refractivity contribution in [1.29, 1.82) is 0 Å². The molecule has 1 aliphatic carbocycles. The van der Waals surface area contributed by atoms with E-state index in [2.05, 4.69) is 28.4 Å². The van der Waals surface area contributed by atoms with Crippen molar-refractivity contribution in [3.05, 3.63) is 41.0 Å². The Hall–Kier alpha value is -1.88. The van der Waals surface area contributed by atoms with Crippen LogP contribution in [-0.4, -0.2) is 26.5 Å². The molecule has 0 saturated heterocycles. The molecule has 5 heteroatoms. The van der Waals surface area contributed by atoms with Gasteiger partial charge in [0, 0.05) is 24.1 Å². The third-order valence-corrected chi connectivity index (χ3v) is 3.97. The molecule has 0 spiro atoms. The lowest BCUT2D eigenvalue weighted by Gasteiger charge is -2.19. The van der Waals surface area contributed by atoms with Gasteiger partial charge in [0.15, 0.2) is 0 Å². The smallest absolute Gasteiger partial charge is 0.0729 e. The van der Waals surface area contributed by atoms with Gasteiger partial charge >= 0.3 is 0 Å². The number of aliphatic hydroxyl groups is 1. The summed E-state index contributed by atoms with van der Waals surface area (Å²) < 4.78 is 1.75. The van der Waals surface area contributed by atoms with E-state index in [0.717, 1.165) is 30.8 Å². The molecule has 3 rings (SSSR count). The van der Waals surface area contributed by atoms with Crippen LogP contribution in [0.25, 0.3) is 0 Å². The molecule has 0 radical (unpaired) electrons. The number of aromatic nitrogens is 3. The van der Waals surface area contributed by atoms with Crippen molar-refractivity contribution in [3.8, 4) is 0 Å². The number of aryl methyl sites for hydroxylation is 2. The first-order chi connectivity index (χ1) is 10.3. The fraction of sp³-hybridized carbons (Fsp3) is 0.500. The van der Waals surface area contributed by atoms with Crippen LogP contribution >= 0.6 is 0 Å². The van der Waals surface area contributed by atoms with Crippen LogP contribution in [0.3, 0.4) is 0 Å². The highest BCUT2D eigenvalue weighted by Crippen LogP contribution is 2.24. The minimum absolute atomic E-state index is 0.109. The molecule has 5 nitrogen and oxygen atoms in total. The van der Waals surface area contributed by atoms with E-state index in [1.807, 2.05) is 6.20 Å². The molecule has 21 heavy (non-hydrogen) atoms. The Morgan fingerprint density at radius 2 is 2.19 bits per heavy atom. The van der Waals surface area contributed by atoms with Gasteiger partial charge in [-0.05, 0) is 49.8 Å². The fourth-order valence-corrected chi connectivity index (χ4v) is 2.98. The summed E-state index contributed by atoms with van der Waals surface area (Å²) in [5.74, 6) is 0. The molecule has 0 unspecified atom stereocenters. The number of fused-ring (bicyclic) bond motifs is 1. The number of nitrogens with one attached hydrogen (secondary N) is 1. The quantitative estimate of drug-likeness (QED) is 0.883. The van der Waals surface area contributed by atoms with E-state index >= 15 is 0 Å². The number of rotatable bonds is 5. The standard InChI is InChI=1S/C16H22N4O/c1-12-8-13(15-4-2-3-5-16(15)19-12)9-17-14-10-18-20(11-14)6-7-21/h8,10-11,17,21H,2-7,9H2,1H3. The molecule has 0 bridgehead atoms. The molecule has 0 fully saturated rings. The highest BCUT2D eigenvalue weighted by Gasteiger charge is 2.15. The van der Waals surface area contributed by atoms with Gasteiger partial charge in [-0.15, -0.1) is 0 Å². The van der Waals surface area contributed by atoms with Gasteiger partial charge in [-0.25, -0.2) is 0 Å². The number of hydrogen-bond acceptors (Lipinski definition) is 4. The summed E-state index contributed by atoms with van der Waals surface area (Å²) in [5.41, 5.74) is 6.16. The summed E-state index contributed by atoms with van der Waals surface area (Å²) in [6.07, 6.45) is 8.50. The molecule has 2 N–H and O–H groups in total. The fourth-order valence-electron chi connectivity index (χ4n) is 2.98. The van der Waals surface area contributed by atoms with Crippen LogP contribution in [0.2, 0.25) is 0 Å². The monoisotopic (exact) mass is 286 g/mol. The molecule has 0 amide bonds. The predicted molar refractivity (Wildman–Crippen MR) is 82.3 cm³/mol. The summed E-state index contributed by atoms with van der Waals surface area (Å²) in [4.78, 5) is 4.69. The van der Waals surface area contributed by atoms with Crippen LogP contribution in [0.15, 0.2) is 18.5 Å². The summed E-state index contributed by atoms with van der Waals surface area (Å²) >= 11 is 0. The summed E-state index contributed by atoms with van der Waals surface area (Å²) in [7, 11) is 0. The maximum atomic E-state index is 8.91. The van der Waals surface area contributed by atoms with Crippen molar-refractivity contribution in [3.63, 3.8) is 0 Å². The van der Waals surface area contributed by atoms with E-state index in [4.69, 9.17) is 5.11 Å². The van der Waals surface area contributed by atoms with Crippen LogP contribution in [0.1, 0.15) is 35.4 Å². The van der Waals surface area contributed by atoms with Gasteiger partial charge in [-0.2, -0.15) is 5.10 Å². The maximum absolute atomic E-state index is 8.91. The van der Waals surface area contributed by atoms with Crippen molar-refractivity contribution in [2.45, 2.75) is 45.7 Å². The summed E-state index contributed by atoms with van der Waals surface area (Å²) in [6.45, 7) is 3.51. The molecule has 2 aromatic heterocycles. The van der Waals surface area contributed by atoms with Crippen molar-refractivity contribution in [2.24, 2.45) is 0 Å². The Labute approximate surface area is 125 Å². The van der Waals surface area contributed by atoms with Gasteiger partial charge in [-0.1, -0.05) is 0 Å². The van der Waals surface area contributed by atoms with Crippen molar-refractivity contribution >= 4 is 5.69 Å². The predicted octanol–water partition coefficient (Wildman–Crippen LogP) is 2.07. The number of hydrogen-bond donors (Lipinski definition) is 2. The van der Waals surface area contributed by atoms with Gasteiger partial charge in [0.05, 0.1) is 25.0 Å². The average Bonchev–Trinajstić information content (AvgIpc) is 2.93. The topological polar surface area (TPSA) is 63.0 Å². The highest BCUT2D eigenvalue weighted by atomic mass is 16.3. The number of anilines is 1. The molecule has 112 valence electrons. The Kier molecular flexibility index (Phi) is 4.20. The van der Waals surface area contributed by atoms with Gasteiger partial charge < -0.3 is 10.4 Å². The molecule has 0 aliphatic heterocycles. The van der Waals surface area contributed by atoms with Crippen LogP contribution in [0.5, 0.6) is 0 Å². The first-order valence-corrected chi connectivity index (χ1v) is 7.61. The van der Waals surface area contributed by atoms with Crippen LogP contribution in [0.4, 0.5) is 5.69 Å². The molecule has 0 saturated carbocycles. The molecule has 1 aliphatic rings. The highest BCUT2D eigenvalue weighted by molar-refractivity contribution is 5.42. The second kappa shape index (κ2) is 6.26. The lowest BCUT2D eigenvalue weighted by Crippen LogP contribution is -2.12. The van der Waals surface area contributed by atoms with E-state index < -0.39 is 0 Å². The number of pyridine rings is 1. The van der Waals surface area contributed by atoms with E-state index in [9.17, 15) is 0 Å². The van der Waals surface area contributed by atoms with Crippen LogP contribution in [-0.2, 0) is 25.9 Å². The number of aliphatic hydroxyl groups excluding tert-OH is 1. The van der Waals surface area contributed by atoms with E-state index in [-0.39, 0.29) is 6.61 Å². The Morgan fingerprint density at radius 1 is 1.33 bits per heavy atom. The largest absolute Gasteiger partial charge is 0.394 e. The Bertz CT molecular complexity index is 621. The maximum Gasteiger partial charge on any atom is 0.0729 e. The van der Waals surface area contributed by atoms with Gasteiger partial charge in [0.2, 0.25) is 0 Å². The minimum atomic E-state index is 0.109. The van der Waals surface area contributed by atoms with Gasteiger partial charge in [0.1, 0.15) is 0 Å². The van der Waals surface area contributed by atoms with Gasteiger partial charge in [0.25, 0.3) is 0 Å². The number of nitrogens with zero attached hydrogens (tertiary/aromatic N) is 3. The lowest BCUT2D eigenvalue weighted by molar-refractivity contribution is 0.269. The third-order valence-electron chi connectivity index (χ3n) is 3.97. The molecule has 0 atom stereocenters. The van der Waals surface area contributed by atoms with E-state index in [1.165, 1.54) is 29.7 Å². The van der Waals surface area contributed by atoms with E-state index in [1.54, 1.807) is 10.9 Å². The van der Waals surface area contributed by atoms with Crippen molar-refractivity contribution in [1.82, 2.24) is 14.8 Å². The van der Waals surface area contributed by atoms with Crippen LogP contribution in [0, 0.1) is 6.92 Å². The normalized spacial score (nSPS) is 14.0. The zero-order valence-corrected chi connectivity index (χ0v) is 12.5. The zero-order chi connectivity index (χ0) is 14.7.